The molecule has 0 bridgehead atoms. The van der Waals surface area contributed by atoms with Crippen LogP contribution in [0.2, 0.25) is 0 Å². The van der Waals surface area contributed by atoms with Crippen molar-refractivity contribution >= 4 is 11.6 Å². The Bertz CT molecular complexity index is 773. The van der Waals surface area contributed by atoms with E-state index in [9.17, 15) is 13.6 Å². The summed E-state index contributed by atoms with van der Waals surface area (Å²) in [7, 11) is 0. The normalized spacial score (nSPS) is 15.0. The summed E-state index contributed by atoms with van der Waals surface area (Å²) in [5.74, 6) is -2.17. The maximum Gasteiger partial charge on any atom is 0.258 e. The highest BCUT2D eigenvalue weighted by atomic mass is 19.2. The lowest BCUT2D eigenvalue weighted by Crippen LogP contribution is -2.26. The summed E-state index contributed by atoms with van der Waals surface area (Å²) in [4.78, 5) is 12.1. The smallest absolute Gasteiger partial charge is 0.258 e. The molecule has 1 aliphatic rings. The largest absolute Gasteiger partial charge is 0.490 e. The van der Waals surface area contributed by atoms with Crippen molar-refractivity contribution in [3.05, 3.63) is 59.2 Å². The Morgan fingerprint density at radius 3 is 2.68 bits per heavy atom. The van der Waals surface area contributed by atoms with E-state index in [1.54, 1.807) is 18.2 Å². The van der Waals surface area contributed by atoms with Gasteiger partial charge in [-0.1, -0.05) is 6.07 Å². The molecular weight excluding hydrogens is 328 g/mol. The molecule has 2 aromatic carbocycles. The molecule has 1 amide bonds. The van der Waals surface area contributed by atoms with Gasteiger partial charge in [0.05, 0.1) is 18.8 Å². The van der Waals surface area contributed by atoms with Crippen LogP contribution in [-0.2, 0) is 4.74 Å². The van der Waals surface area contributed by atoms with Gasteiger partial charge in [-0.25, -0.2) is 8.78 Å². The molecule has 4 nitrogen and oxygen atoms in total. The second-order valence-corrected chi connectivity index (χ2v) is 5.97. The number of aryl methyl sites for hydroxylation is 1. The van der Waals surface area contributed by atoms with E-state index in [0.29, 0.717) is 18.9 Å². The van der Waals surface area contributed by atoms with Crippen molar-refractivity contribution < 1.29 is 23.0 Å². The lowest BCUT2D eigenvalue weighted by molar-refractivity contribution is 0.0253. The maximum absolute atomic E-state index is 13.7. The molecule has 0 unspecified atom stereocenters. The predicted octanol–water partition coefficient (Wildman–Crippen LogP) is 4.08. The van der Waals surface area contributed by atoms with Gasteiger partial charge in [-0.05, 0) is 42.8 Å². The number of benzene rings is 2. The number of rotatable bonds is 4. The summed E-state index contributed by atoms with van der Waals surface area (Å²) < 4.78 is 38.2. The number of anilines is 1. The number of amides is 1. The van der Waals surface area contributed by atoms with Gasteiger partial charge in [-0.2, -0.15) is 0 Å². The molecule has 132 valence electrons. The molecule has 1 fully saturated rings. The number of carbonyl (C=O) groups is 1. The molecule has 3 rings (SSSR count). The summed E-state index contributed by atoms with van der Waals surface area (Å²) in [5, 5.41) is 2.58. The van der Waals surface area contributed by atoms with Gasteiger partial charge in [0.1, 0.15) is 11.9 Å². The molecule has 0 aliphatic carbocycles. The van der Waals surface area contributed by atoms with Gasteiger partial charge in [0, 0.05) is 18.5 Å². The van der Waals surface area contributed by atoms with Gasteiger partial charge in [-0.3, -0.25) is 4.79 Å². The Labute approximate surface area is 144 Å². The number of halogens is 2. The second kappa shape index (κ2) is 7.61. The van der Waals surface area contributed by atoms with E-state index >= 15 is 0 Å². The van der Waals surface area contributed by atoms with Crippen molar-refractivity contribution in [3.8, 4) is 5.75 Å². The zero-order chi connectivity index (χ0) is 17.8. The molecular formula is C19H19F2NO3. The zero-order valence-electron chi connectivity index (χ0n) is 13.9. The molecule has 0 aromatic heterocycles. The van der Waals surface area contributed by atoms with Gasteiger partial charge in [0.25, 0.3) is 5.91 Å². The number of ether oxygens (including phenoxy) is 2. The third-order valence-electron chi connectivity index (χ3n) is 4.09. The van der Waals surface area contributed by atoms with Crippen LogP contribution in [0.15, 0.2) is 36.4 Å². The molecule has 1 heterocycles. The Balaban J connectivity index is 1.70. The van der Waals surface area contributed by atoms with Gasteiger partial charge in [-0.15, -0.1) is 0 Å². The summed E-state index contributed by atoms with van der Waals surface area (Å²) in [5.41, 5.74) is 1.01. The first-order valence-corrected chi connectivity index (χ1v) is 8.15. The SMILES string of the molecule is Cc1cc(NC(=O)c2cccc(F)c2F)ccc1OC1CCOCC1. The molecule has 2 aromatic rings. The van der Waals surface area contributed by atoms with E-state index in [1.165, 1.54) is 12.1 Å². The van der Waals surface area contributed by atoms with Crippen molar-refractivity contribution in [2.75, 3.05) is 18.5 Å². The highest BCUT2D eigenvalue weighted by Crippen LogP contribution is 2.25. The van der Waals surface area contributed by atoms with Crippen molar-refractivity contribution in [1.82, 2.24) is 0 Å². The van der Waals surface area contributed by atoms with Gasteiger partial charge >= 0.3 is 0 Å². The fraction of sp³-hybridized carbons (Fsp3) is 0.316. The molecule has 0 radical (unpaired) electrons. The van der Waals surface area contributed by atoms with Crippen LogP contribution in [0, 0.1) is 18.6 Å². The lowest BCUT2D eigenvalue weighted by Gasteiger charge is -2.24. The minimum Gasteiger partial charge on any atom is -0.490 e. The van der Waals surface area contributed by atoms with E-state index < -0.39 is 17.5 Å². The molecule has 1 N–H and O–H groups in total. The number of nitrogens with one attached hydrogen (secondary N) is 1. The summed E-state index contributed by atoms with van der Waals surface area (Å²) in [6.45, 7) is 3.25. The van der Waals surface area contributed by atoms with Gasteiger partial charge < -0.3 is 14.8 Å². The lowest BCUT2D eigenvalue weighted by atomic mass is 10.1. The molecule has 6 heteroatoms. The van der Waals surface area contributed by atoms with Crippen LogP contribution in [-0.4, -0.2) is 25.2 Å². The minimum atomic E-state index is -1.16. The number of hydrogen-bond acceptors (Lipinski definition) is 3. The predicted molar refractivity (Wildman–Crippen MR) is 90.0 cm³/mol. The Morgan fingerprint density at radius 1 is 1.20 bits per heavy atom. The highest BCUT2D eigenvalue weighted by Gasteiger charge is 2.18. The average Bonchev–Trinajstić information content (AvgIpc) is 2.60. The summed E-state index contributed by atoms with van der Waals surface area (Å²) in [6.07, 6.45) is 1.81. The third kappa shape index (κ3) is 4.14. The first-order chi connectivity index (χ1) is 12.0. The molecule has 0 spiro atoms. The van der Waals surface area contributed by atoms with Crippen LogP contribution in [0.25, 0.3) is 0 Å². The van der Waals surface area contributed by atoms with Crippen molar-refractivity contribution in [2.24, 2.45) is 0 Å². The fourth-order valence-corrected chi connectivity index (χ4v) is 2.71. The van der Waals surface area contributed by atoms with Crippen molar-refractivity contribution in [3.63, 3.8) is 0 Å². The van der Waals surface area contributed by atoms with E-state index in [2.05, 4.69) is 5.32 Å². The fourth-order valence-electron chi connectivity index (χ4n) is 2.71. The maximum atomic E-state index is 13.7. The topological polar surface area (TPSA) is 47.6 Å². The monoisotopic (exact) mass is 347 g/mol. The minimum absolute atomic E-state index is 0.120. The zero-order valence-corrected chi connectivity index (χ0v) is 13.9. The standard InChI is InChI=1S/C19H19F2NO3/c1-12-11-13(5-6-17(12)25-14-7-9-24-10-8-14)22-19(23)15-3-2-4-16(20)18(15)21/h2-6,11,14H,7-10H2,1H3,(H,22,23). The second-order valence-electron chi connectivity index (χ2n) is 5.97. The number of carbonyl (C=O) groups excluding carboxylic acids is 1. The van der Waals surface area contributed by atoms with Crippen molar-refractivity contribution in [2.45, 2.75) is 25.9 Å². The quantitative estimate of drug-likeness (QED) is 0.906. The molecule has 1 aliphatic heterocycles. The Hall–Kier alpha value is -2.47. The average molecular weight is 347 g/mol. The van der Waals surface area contributed by atoms with Crippen LogP contribution >= 0.6 is 0 Å². The van der Waals surface area contributed by atoms with Crippen molar-refractivity contribution in [1.29, 1.82) is 0 Å². The Kier molecular flexibility index (Phi) is 5.28. The van der Waals surface area contributed by atoms with E-state index in [0.717, 1.165) is 30.2 Å². The molecule has 0 atom stereocenters. The molecule has 25 heavy (non-hydrogen) atoms. The van der Waals surface area contributed by atoms with Crippen LogP contribution < -0.4 is 10.1 Å². The van der Waals surface area contributed by atoms with Crippen LogP contribution in [0.5, 0.6) is 5.75 Å². The van der Waals surface area contributed by atoms with Crippen LogP contribution in [0.4, 0.5) is 14.5 Å². The third-order valence-corrected chi connectivity index (χ3v) is 4.09. The number of hydrogen-bond donors (Lipinski definition) is 1. The van der Waals surface area contributed by atoms with Gasteiger partial charge in [0.15, 0.2) is 11.6 Å². The highest BCUT2D eigenvalue weighted by molar-refractivity contribution is 6.04. The molecule has 1 saturated heterocycles. The first-order valence-electron chi connectivity index (χ1n) is 8.15. The van der Waals surface area contributed by atoms with E-state index in [-0.39, 0.29) is 11.7 Å². The van der Waals surface area contributed by atoms with Crippen LogP contribution in [0.3, 0.4) is 0 Å². The van der Waals surface area contributed by atoms with Gasteiger partial charge in [0.2, 0.25) is 0 Å². The van der Waals surface area contributed by atoms with E-state index in [4.69, 9.17) is 9.47 Å². The summed E-state index contributed by atoms with van der Waals surface area (Å²) >= 11 is 0. The molecule has 0 saturated carbocycles. The van der Waals surface area contributed by atoms with E-state index in [1.807, 2.05) is 6.92 Å². The van der Waals surface area contributed by atoms with Crippen LogP contribution in [0.1, 0.15) is 28.8 Å². The summed E-state index contributed by atoms with van der Waals surface area (Å²) in [6, 6.07) is 8.69. The first kappa shape index (κ1) is 17.4. The Morgan fingerprint density at radius 2 is 1.96 bits per heavy atom.